The van der Waals surface area contributed by atoms with Crippen molar-refractivity contribution in [3.63, 3.8) is 0 Å². The van der Waals surface area contributed by atoms with Gasteiger partial charge in [-0.1, -0.05) is 28.1 Å². The molecule has 4 aromatic rings. The first kappa shape index (κ1) is 40.8. The third-order valence-corrected chi connectivity index (χ3v) is 11.3. The number of piperazine rings is 1. The monoisotopic (exact) mass is 859 g/mol. The van der Waals surface area contributed by atoms with E-state index < -0.39 is 23.7 Å². The number of nitrogens with zero attached hydrogens (tertiary/aromatic N) is 5. The predicted molar refractivity (Wildman–Crippen MR) is 217 cm³/mol. The van der Waals surface area contributed by atoms with Crippen LogP contribution < -0.4 is 24.8 Å². The molecule has 4 amide bonds. The van der Waals surface area contributed by atoms with E-state index in [9.17, 15) is 23.6 Å². The van der Waals surface area contributed by atoms with Crippen molar-refractivity contribution in [3.8, 4) is 17.2 Å². The first-order valence-corrected chi connectivity index (χ1v) is 20.4. The van der Waals surface area contributed by atoms with E-state index in [0.29, 0.717) is 42.6 Å². The average Bonchev–Trinajstić information content (AvgIpc) is 3.51. The molecule has 16 heteroatoms. The van der Waals surface area contributed by atoms with Gasteiger partial charge in [0.05, 0.1) is 25.3 Å². The number of ether oxygens (including phenoxy) is 3. The standard InChI is InChI=1S/C42H47BrFN7O7/c1-25(27-8-7-9-29(43)18-27)45-40-31-21-36(56-3)37(22-33(31)46-26(2)47-40)57-17-6-4-5-12-49-13-15-50(16-14-49)39(53)24-58-35-19-28-23-51(42(55)30(28)20-32(35)44)34-10-11-38(52)48-41(34)54/h7-9,18-22,25,34H,4-6,10-17,23-24H2,1-3H3,(H,45,46,47)(H,48,52,54)/t25-,34?/m1/s1. The number of anilines is 1. The van der Waals surface area contributed by atoms with Crippen LogP contribution in [0.1, 0.15) is 72.4 Å². The summed E-state index contributed by atoms with van der Waals surface area (Å²) in [5, 5.41) is 6.64. The molecule has 0 saturated carbocycles. The van der Waals surface area contributed by atoms with Gasteiger partial charge in [0.2, 0.25) is 11.8 Å². The zero-order chi connectivity index (χ0) is 40.9. The quantitative estimate of drug-likeness (QED) is 0.114. The minimum Gasteiger partial charge on any atom is -0.493 e. The number of hydrogen-bond donors (Lipinski definition) is 2. The van der Waals surface area contributed by atoms with E-state index in [-0.39, 0.29) is 55.2 Å². The third-order valence-electron chi connectivity index (χ3n) is 10.8. The Bertz CT molecular complexity index is 2220. The minimum atomic E-state index is -0.804. The Hall–Kier alpha value is -5.35. The molecule has 4 heterocycles. The lowest BCUT2D eigenvalue weighted by atomic mass is 10.0. The third kappa shape index (κ3) is 9.34. The van der Waals surface area contributed by atoms with Gasteiger partial charge in [0.25, 0.3) is 11.8 Å². The van der Waals surface area contributed by atoms with Crippen LogP contribution in [0.3, 0.4) is 0 Å². The molecule has 1 unspecified atom stereocenters. The Balaban J connectivity index is 0.826. The molecule has 58 heavy (non-hydrogen) atoms. The molecular weight excluding hydrogens is 813 g/mol. The normalized spacial score (nSPS) is 17.6. The average molecular weight is 861 g/mol. The summed E-state index contributed by atoms with van der Waals surface area (Å²) in [4.78, 5) is 64.6. The zero-order valence-corrected chi connectivity index (χ0v) is 34.4. The summed E-state index contributed by atoms with van der Waals surface area (Å²) in [5.74, 6) is 0.103. The smallest absolute Gasteiger partial charge is 0.260 e. The lowest BCUT2D eigenvalue weighted by Crippen LogP contribution is -2.52. The minimum absolute atomic E-state index is 0.0116. The van der Waals surface area contributed by atoms with Gasteiger partial charge in [-0.25, -0.2) is 14.4 Å². The van der Waals surface area contributed by atoms with Crippen molar-refractivity contribution in [1.82, 2.24) is 30.0 Å². The van der Waals surface area contributed by atoms with E-state index in [1.165, 1.54) is 11.0 Å². The Labute approximate surface area is 344 Å². The second kappa shape index (κ2) is 18.1. The number of aromatic nitrogens is 2. The molecule has 3 aliphatic rings. The number of imide groups is 1. The Morgan fingerprint density at radius 1 is 1.00 bits per heavy atom. The second-order valence-electron chi connectivity index (χ2n) is 14.8. The number of nitrogens with one attached hydrogen (secondary N) is 2. The van der Waals surface area contributed by atoms with Crippen molar-refractivity contribution in [1.29, 1.82) is 0 Å². The van der Waals surface area contributed by atoms with Gasteiger partial charge in [-0.15, -0.1) is 0 Å². The number of carbonyl (C=O) groups is 4. The lowest BCUT2D eigenvalue weighted by Gasteiger charge is -2.34. The fourth-order valence-electron chi connectivity index (χ4n) is 7.62. The van der Waals surface area contributed by atoms with E-state index in [1.54, 1.807) is 12.0 Å². The molecular formula is C42H47BrFN7O7. The van der Waals surface area contributed by atoms with Gasteiger partial charge >= 0.3 is 0 Å². The Kier molecular flexibility index (Phi) is 12.7. The number of carbonyl (C=O) groups excluding carboxylic acids is 4. The number of halogens is 2. The highest BCUT2D eigenvalue weighted by molar-refractivity contribution is 9.10. The first-order valence-electron chi connectivity index (χ1n) is 19.6. The number of unbranched alkanes of at least 4 members (excludes halogenated alkanes) is 2. The van der Waals surface area contributed by atoms with Crippen molar-refractivity contribution < 1.29 is 37.8 Å². The molecule has 0 radical (unpaired) electrons. The molecule has 14 nitrogen and oxygen atoms in total. The number of fused-ring (bicyclic) bond motifs is 2. The molecule has 1 aromatic heterocycles. The van der Waals surface area contributed by atoms with Gasteiger partial charge in [0.1, 0.15) is 17.7 Å². The number of benzene rings is 3. The van der Waals surface area contributed by atoms with E-state index in [0.717, 1.165) is 71.7 Å². The summed E-state index contributed by atoms with van der Waals surface area (Å²) < 4.78 is 33.5. The van der Waals surface area contributed by atoms with Crippen molar-refractivity contribution in [2.45, 2.75) is 64.6 Å². The molecule has 306 valence electrons. The van der Waals surface area contributed by atoms with Crippen molar-refractivity contribution >= 4 is 56.3 Å². The van der Waals surface area contributed by atoms with Crippen molar-refractivity contribution in [3.05, 3.63) is 81.3 Å². The maximum absolute atomic E-state index is 15.0. The largest absolute Gasteiger partial charge is 0.493 e. The number of aryl methyl sites for hydroxylation is 1. The SMILES string of the molecule is COc1cc2c(N[C@H](C)c3cccc(Br)c3)nc(C)nc2cc1OCCCCCN1CCN(C(=O)COc2cc3c(cc2F)C(=O)N(C2CCC(=O)NC2=O)C3)CC1. The molecule has 3 aromatic carbocycles. The maximum Gasteiger partial charge on any atom is 0.260 e. The van der Waals surface area contributed by atoms with Crippen LogP contribution in [-0.4, -0.2) is 107 Å². The predicted octanol–water partition coefficient (Wildman–Crippen LogP) is 5.55. The van der Waals surface area contributed by atoms with Crippen LogP contribution in [0.4, 0.5) is 10.2 Å². The van der Waals surface area contributed by atoms with Crippen LogP contribution in [0.25, 0.3) is 10.9 Å². The number of hydrogen-bond acceptors (Lipinski definition) is 11. The number of methoxy groups -OCH3 is 1. The summed E-state index contributed by atoms with van der Waals surface area (Å²) in [6.45, 7) is 7.67. The molecule has 2 N–H and O–H groups in total. The highest BCUT2D eigenvalue weighted by Gasteiger charge is 2.40. The summed E-state index contributed by atoms with van der Waals surface area (Å²) in [6.07, 6.45) is 3.14. The molecule has 0 aliphatic carbocycles. The summed E-state index contributed by atoms with van der Waals surface area (Å²) in [6, 6.07) is 13.7. The molecule has 2 atom stereocenters. The van der Waals surface area contributed by atoms with E-state index in [2.05, 4.69) is 55.5 Å². The van der Waals surface area contributed by atoms with E-state index in [1.807, 2.05) is 31.2 Å². The Morgan fingerprint density at radius 3 is 2.57 bits per heavy atom. The molecule has 2 fully saturated rings. The van der Waals surface area contributed by atoms with Crippen LogP contribution in [0.2, 0.25) is 0 Å². The summed E-state index contributed by atoms with van der Waals surface area (Å²) in [5.41, 5.74) is 2.54. The van der Waals surface area contributed by atoms with Crippen molar-refractivity contribution in [2.75, 3.05) is 58.4 Å². The second-order valence-corrected chi connectivity index (χ2v) is 15.7. The van der Waals surface area contributed by atoms with Crippen LogP contribution in [-0.2, 0) is 20.9 Å². The lowest BCUT2D eigenvalue weighted by molar-refractivity contribution is -0.137. The fraction of sp³-hybridized carbons (Fsp3) is 0.429. The summed E-state index contributed by atoms with van der Waals surface area (Å²) in [7, 11) is 1.62. The van der Waals surface area contributed by atoms with Crippen LogP contribution >= 0.6 is 15.9 Å². The maximum atomic E-state index is 15.0. The molecule has 7 rings (SSSR count). The van der Waals surface area contributed by atoms with Crippen molar-refractivity contribution in [2.24, 2.45) is 0 Å². The fourth-order valence-corrected chi connectivity index (χ4v) is 8.04. The van der Waals surface area contributed by atoms with Gasteiger partial charge in [0.15, 0.2) is 29.7 Å². The molecule has 0 spiro atoms. The molecule has 2 saturated heterocycles. The van der Waals surface area contributed by atoms with Crippen LogP contribution in [0.15, 0.2) is 53.0 Å². The number of piperidine rings is 1. The van der Waals surface area contributed by atoms with Gasteiger partial charge in [-0.05, 0) is 87.5 Å². The highest BCUT2D eigenvalue weighted by Crippen LogP contribution is 2.36. The molecule has 3 aliphatic heterocycles. The number of amides is 4. The van der Waals surface area contributed by atoms with Gasteiger partial charge in [-0.2, -0.15) is 0 Å². The topological polar surface area (TPSA) is 156 Å². The van der Waals surface area contributed by atoms with Gasteiger partial charge < -0.3 is 29.3 Å². The highest BCUT2D eigenvalue weighted by atomic mass is 79.9. The summed E-state index contributed by atoms with van der Waals surface area (Å²) >= 11 is 3.55. The van der Waals surface area contributed by atoms with E-state index >= 15 is 0 Å². The zero-order valence-electron chi connectivity index (χ0n) is 32.8. The van der Waals surface area contributed by atoms with Gasteiger partial charge in [0, 0.05) is 60.6 Å². The van der Waals surface area contributed by atoms with Gasteiger partial charge in [-0.3, -0.25) is 29.4 Å². The van der Waals surface area contributed by atoms with Crippen LogP contribution in [0.5, 0.6) is 17.2 Å². The Morgan fingerprint density at radius 2 is 1.81 bits per heavy atom. The van der Waals surface area contributed by atoms with E-state index in [4.69, 9.17) is 19.2 Å². The van der Waals surface area contributed by atoms with Crippen LogP contribution in [0, 0.1) is 12.7 Å². The number of rotatable bonds is 15. The first-order chi connectivity index (χ1) is 28.0. The molecule has 0 bridgehead atoms.